The summed E-state index contributed by atoms with van der Waals surface area (Å²) in [6.07, 6.45) is 2.05. The highest BCUT2D eigenvalue weighted by molar-refractivity contribution is 4.52. The van der Waals surface area contributed by atoms with Crippen LogP contribution in [0.25, 0.3) is 0 Å². The third kappa shape index (κ3) is 8.52. The minimum absolute atomic E-state index is 0.00245. The Labute approximate surface area is 89.0 Å². The van der Waals surface area contributed by atoms with Gasteiger partial charge in [0.2, 0.25) is 0 Å². The monoisotopic (exact) mass is 202 g/mol. The van der Waals surface area contributed by atoms with Crippen LogP contribution in [0.2, 0.25) is 0 Å². The van der Waals surface area contributed by atoms with Gasteiger partial charge in [0.05, 0.1) is 6.61 Å². The third-order valence-electron chi connectivity index (χ3n) is 1.79. The van der Waals surface area contributed by atoms with Crippen molar-refractivity contribution in [2.45, 2.75) is 53.8 Å². The van der Waals surface area contributed by atoms with Crippen molar-refractivity contribution in [1.82, 2.24) is 0 Å². The molecular weight excluding hydrogens is 176 g/mol. The summed E-state index contributed by atoms with van der Waals surface area (Å²) in [4.78, 5) is 0. The summed E-state index contributed by atoms with van der Waals surface area (Å²) in [5.74, 6) is 1.21. The van der Waals surface area contributed by atoms with E-state index in [4.69, 9.17) is 9.47 Å². The van der Waals surface area contributed by atoms with Gasteiger partial charge in [-0.3, -0.25) is 0 Å². The molecule has 0 saturated carbocycles. The predicted molar refractivity (Wildman–Crippen MR) is 60.3 cm³/mol. The first kappa shape index (κ1) is 13.9. The minimum atomic E-state index is -0.00245. The van der Waals surface area contributed by atoms with Crippen LogP contribution in [0.1, 0.15) is 47.5 Å². The Morgan fingerprint density at radius 1 is 0.929 bits per heavy atom. The van der Waals surface area contributed by atoms with E-state index in [1.54, 1.807) is 0 Å². The van der Waals surface area contributed by atoms with Crippen LogP contribution in [-0.4, -0.2) is 19.5 Å². The summed E-state index contributed by atoms with van der Waals surface area (Å²) < 4.78 is 11.3. The lowest BCUT2D eigenvalue weighted by Crippen LogP contribution is -2.22. The van der Waals surface area contributed by atoms with E-state index >= 15 is 0 Å². The Morgan fingerprint density at radius 3 is 2.00 bits per heavy atom. The van der Waals surface area contributed by atoms with Crippen molar-refractivity contribution in [3.8, 4) is 0 Å². The summed E-state index contributed by atoms with van der Waals surface area (Å²) >= 11 is 0. The molecule has 0 N–H and O–H groups in total. The molecule has 0 amide bonds. The van der Waals surface area contributed by atoms with Crippen LogP contribution in [0.5, 0.6) is 0 Å². The average Bonchev–Trinajstić information content (AvgIpc) is 2.09. The first-order valence-electron chi connectivity index (χ1n) is 5.79. The second kappa shape index (κ2) is 8.25. The van der Waals surface area contributed by atoms with E-state index in [-0.39, 0.29) is 6.29 Å². The van der Waals surface area contributed by atoms with Gasteiger partial charge in [-0.05, 0) is 18.3 Å². The zero-order chi connectivity index (χ0) is 11.0. The van der Waals surface area contributed by atoms with Gasteiger partial charge in [-0.25, -0.2) is 0 Å². The SMILES string of the molecule is CCCOC(CC(C)C)OCC(C)C. The molecule has 0 saturated heterocycles. The third-order valence-corrected chi connectivity index (χ3v) is 1.79. The smallest absolute Gasteiger partial charge is 0.157 e. The highest BCUT2D eigenvalue weighted by Gasteiger charge is 2.11. The Balaban J connectivity index is 3.72. The fourth-order valence-corrected chi connectivity index (χ4v) is 1.12. The van der Waals surface area contributed by atoms with Gasteiger partial charge >= 0.3 is 0 Å². The molecule has 0 heterocycles. The number of rotatable bonds is 8. The van der Waals surface area contributed by atoms with Crippen molar-refractivity contribution in [1.29, 1.82) is 0 Å². The number of ether oxygens (including phenoxy) is 2. The molecule has 0 aromatic carbocycles. The Hall–Kier alpha value is -0.0800. The molecule has 2 nitrogen and oxygen atoms in total. The molecule has 14 heavy (non-hydrogen) atoms. The van der Waals surface area contributed by atoms with Crippen LogP contribution in [0.4, 0.5) is 0 Å². The molecule has 0 spiro atoms. The largest absolute Gasteiger partial charge is 0.353 e. The van der Waals surface area contributed by atoms with Crippen LogP contribution in [-0.2, 0) is 9.47 Å². The van der Waals surface area contributed by atoms with E-state index in [9.17, 15) is 0 Å². The Bertz CT molecular complexity index is 121. The maximum absolute atomic E-state index is 5.69. The van der Waals surface area contributed by atoms with E-state index in [0.29, 0.717) is 11.8 Å². The van der Waals surface area contributed by atoms with Gasteiger partial charge in [-0.2, -0.15) is 0 Å². The molecule has 0 fully saturated rings. The molecule has 2 heteroatoms. The quantitative estimate of drug-likeness (QED) is 0.561. The normalized spacial score (nSPS) is 13.9. The van der Waals surface area contributed by atoms with Gasteiger partial charge in [0.1, 0.15) is 0 Å². The fraction of sp³-hybridized carbons (Fsp3) is 1.00. The van der Waals surface area contributed by atoms with Crippen LogP contribution in [0.3, 0.4) is 0 Å². The molecule has 0 aromatic rings. The molecular formula is C12H26O2. The lowest BCUT2D eigenvalue weighted by Gasteiger charge is -2.21. The predicted octanol–water partition coefficient (Wildman–Crippen LogP) is 3.46. The first-order chi connectivity index (χ1) is 6.56. The zero-order valence-corrected chi connectivity index (χ0v) is 10.4. The molecule has 0 bridgehead atoms. The maximum atomic E-state index is 5.69. The molecule has 0 aliphatic carbocycles. The van der Waals surface area contributed by atoms with Gasteiger partial charge in [-0.15, -0.1) is 0 Å². The average molecular weight is 202 g/mol. The topological polar surface area (TPSA) is 18.5 Å². The summed E-state index contributed by atoms with van der Waals surface area (Å²) in [5.41, 5.74) is 0. The summed E-state index contributed by atoms with van der Waals surface area (Å²) in [5, 5.41) is 0. The lowest BCUT2D eigenvalue weighted by molar-refractivity contribution is -0.156. The van der Waals surface area contributed by atoms with E-state index in [2.05, 4.69) is 34.6 Å². The Morgan fingerprint density at radius 2 is 1.57 bits per heavy atom. The molecule has 1 unspecified atom stereocenters. The molecule has 0 aliphatic heterocycles. The molecule has 86 valence electrons. The van der Waals surface area contributed by atoms with Crippen molar-refractivity contribution in [2.75, 3.05) is 13.2 Å². The highest BCUT2D eigenvalue weighted by Crippen LogP contribution is 2.11. The summed E-state index contributed by atoms with van der Waals surface area (Å²) in [6.45, 7) is 12.4. The Kier molecular flexibility index (Phi) is 8.20. The minimum Gasteiger partial charge on any atom is -0.353 e. The summed E-state index contributed by atoms with van der Waals surface area (Å²) in [6, 6.07) is 0. The van der Waals surface area contributed by atoms with E-state index in [0.717, 1.165) is 26.1 Å². The van der Waals surface area contributed by atoms with Crippen LogP contribution in [0.15, 0.2) is 0 Å². The maximum Gasteiger partial charge on any atom is 0.157 e. The molecule has 0 rings (SSSR count). The van der Waals surface area contributed by atoms with Crippen LogP contribution < -0.4 is 0 Å². The molecule has 0 aliphatic rings. The van der Waals surface area contributed by atoms with Crippen molar-refractivity contribution in [3.05, 3.63) is 0 Å². The molecule has 0 radical (unpaired) electrons. The molecule has 1 atom stereocenters. The standard InChI is InChI=1S/C12H26O2/c1-6-7-13-12(8-10(2)3)14-9-11(4)5/h10-12H,6-9H2,1-5H3. The van der Waals surface area contributed by atoms with Gasteiger partial charge in [0.15, 0.2) is 6.29 Å². The van der Waals surface area contributed by atoms with Crippen molar-refractivity contribution < 1.29 is 9.47 Å². The van der Waals surface area contributed by atoms with Crippen LogP contribution in [0, 0.1) is 11.8 Å². The van der Waals surface area contributed by atoms with Crippen LogP contribution >= 0.6 is 0 Å². The van der Waals surface area contributed by atoms with Gasteiger partial charge in [0, 0.05) is 13.0 Å². The number of hydrogen-bond acceptors (Lipinski definition) is 2. The summed E-state index contributed by atoms with van der Waals surface area (Å²) in [7, 11) is 0. The second-order valence-electron chi connectivity index (χ2n) is 4.66. The number of hydrogen-bond donors (Lipinski definition) is 0. The first-order valence-corrected chi connectivity index (χ1v) is 5.79. The molecule has 0 aromatic heterocycles. The zero-order valence-electron chi connectivity index (χ0n) is 10.4. The van der Waals surface area contributed by atoms with E-state index < -0.39 is 0 Å². The second-order valence-corrected chi connectivity index (χ2v) is 4.66. The van der Waals surface area contributed by atoms with Gasteiger partial charge in [0.25, 0.3) is 0 Å². The van der Waals surface area contributed by atoms with Crippen molar-refractivity contribution >= 4 is 0 Å². The van der Waals surface area contributed by atoms with Crippen molar-refractivity contribution in [2.24, 2.45) is 11.8 Å². The van der Waals surface area contributed by atoms with Crippen molar-refractivity contribution in [3.63, 3.8) is 0 Å². The fourth-order valence-electron chi connectivity index (χ4n) is 1.12. The van der Waals surface area contributed by atoms with E-state index in [1.165, 1.54) is 0 Å². The van der Waals surface area contributed by atoms with E-state index in [1.807, 2.05) is 0 Å². The van der Waals surface area contributed by atoms with Gasteiger partial charge in [-0.1, -0.05) is 34.6 Å². The highest BCUT2D eigenvalue weighted by atomic mass is 16.7. The lowest BCUT2D eigenvalue weighted by atomic mass is 10.1. The van der Waals surface area contributed by atoms with Gasteiger partial charge < -0.3 is 9.47 Å².